The van der Waals surface area contributed by atoms with E-state index >= 15 is 0 Å². The first-order valence-corrected chi connectivity index (χ1v) is 7.49. The van der Waals surface area contributed by atoms with Crippen molar-refractivity contribution in [3.8, 4) is 0 Å². The Morgan fingerprint density at radius 1 is 1.43 bits per heavy atom. The number of carbonyl (C=O) groups is 2. The second-order valence-corrected chi connectivity index (χ2v) is 5.73. The molecule has 2 rings (SSSR count). The lowest BCUT2D eigenvalue weighted by atomic mass is 10.2. The van der Waals surface area contributed by atoms with Gasteiger partial charge in [0.05, 0.1) is 19.4 Å². The van der Waals surface area contributed by atoms with Crippen molar-refractivity contribution < 1.29 is 19.1 Å². The van der Waals surface area contributed by atoms with E-state index in [1.54, 1.807) is 6.92 Å². The van der Waals surface area contributed by atoms with Gasteiger partial charge in [0, 0.05) is 19.1 Å². The molecule has 21 heavy (non-hydrogen) atoms. The van der Waals surface area contributed by atoms with Crippen molar-refractivity contribution in [2.24, 2.45) is 5.73 Å². The highest BCUT2D eigenvalue weighted by molar-refractivity contribution is 7.19. The maximum absolute atomic E-state index is 12.0. The topological polar surface area (TPSA) is 108 Å². The zero-order valence-electron chi connectivity index (χ0n) is 12.0. The van der Waals surface area contributed by atoms with Crippen molar-refractivity contribution in [3.63, 3.8) is 0 Å². The SMILES string of the molecule is CCOC(=O)c1sc(N2CCC(N)C2)c(C(=O)OC)c1N. The number of hydrogen-bond donors (Lipinski definition) is 2. The van der Waals surface area contributed by atoms with Crippen molar-refractivity contribution >= 4 is 34.0 Å². The maximum Gasteiger partial charge on any atom is 0.350 e. The van der Waals surface area contributed by atoms with Gasteiger partial charge in [0.1, 0.15) is 15.4 Å². The average molecular weight is 313 g/mol. The Bertz CT molecular complexity index is 558. The molecule has 7 nitrogen and oxygen atoms in total. The number of nitrogen functional groups attached to an aromatic ring is 1. The Morgan fingerprint density at radius 3 is 2.67 bits per heavy atom. The summed E-state index contributed by atoms with van der Waals surface area (Å²) in [5.74, 6) is -1.09. The number of hydrogen-bond acceptors (Lipinski definition) is 8. The maximum atomic E-state index is 12.0. The van der Waals surface area contributed by atoms with Crippen molar-refractivity contribution in [1.82, 2.24) is 0 Å². The summed E-state index contributed by atoms with van der Waals surface area (Å²) < 4.78 is 9.75. The Hall–Kier alpha value is -1.80. The van der Waals surface area contributed by atoms with Crippen LogP contribution in [0.25, 0.3) is 0 Å². The summed E-state index contributed by atoms with van der Waals surface area (Å²) in [5, 5.41) is 0.621. The zero-order chi connectivity index (χ0) is 15.6. The molecule has 0 aromatic carbocycles. The predicted molar refractivity (Wildman–Crippen MR) is 80.8 cm³/mol. The summed E-state index contributed by atoms with van der Waals surface area (Å²) in [5.41, 5.74) is 12.2. The van der Waals surface area contributed by atoms with Gasteiger partial charge in [-0.1, -0.05) is 0 Å². The van der Waals surface area contributed by atoms with Crippen LogP contribution in [0.2, 0.25) is 0 Å². The van der Waals surface area contributed by atoms with Crippen molar-refractivity contribution in [3.05, 3.63) is 10.4 Å². The van der Waals surface area contributed by atoms with E-state index < -0.39 is 11.9 Å². The second kappa shape index (κ2) is 6.31. The fourth-order valence-corrected chi connectivity index (χ4v) is 3.41. The number of ether oxygens (including phenoxy) is 2. The monoisotopic (exact) mass is 313 g/mol. The van der Waals surface area contributed by atoms with Crippen LogP contribution in [-0.4, -0.2) is 44.8 Å². The van der Waals surface area contributed by atoms with E-state index in [1.807, 2.05) is 4.90 Å². The van der Waals surface area contributed by atoms with E-state index in [0.717, 1.165) is 17.8 Å². The van der Waals surface area contributed by atoms with Crippen molar-refractivity contribution in [2.75, 3.05) is 37.4 Å². The van der Waals surface area contributed by atoms with Gasteiger partial charge < -0.3 is 25.8 Å². The molecule has 4 N–H and O–H groups in total. The van der Waals surface area contributed by atoms with Gasteiger partial charge >= 0.3 is 11.9 Å². The molecule has 1 aliphatic rings. The highest BCUT2D eigenvalue weighted by Crippen LogP contribution is 2.40. The van der Waals surface area contributed by atoms with E-state index in [-0.39, 0.29) is 28.8 Å². The van der Waals surface area contributed by atoms with Crippen LogP contribution in [0.4, 0.5) is 10.7 Å². The third kappa shape index (κ3) is 2.96. The summed E-state index contributed by atoms with van der Waals surface area (Å²) in [7, 11) is 1.28. The Morgan fingerprint density at radius 2 is 2.14 bits per heavy atom. The summed E-state index contributed by atoms with van der Waals surface area (Å²) in [6, 6.07) is 0.0462. The van der Waals surface area contributed by atoms with E-state index in [1.165, 1.54) is 7.11 Å². The van der Waals surface area contributed by atoms with Gasteiger partial charge in [0.25, 0.3) is 0 Å². The lowest BCUT2D eigenvalue weighted by Gasteiger charge is -2.17. The number of thiophene rings is 1. The van der Waals surface area contributed by atoms with Gasteiger partial charge in [0.15, 0.2) is 0 Å². The molecule has 1 aliphatic heterocycles. The number of rotatable bonds is 4. The summed E-state index contributed by atoms with van der Waals surface area (Å²) in [6.45, 7) is 3.29. The second-order valence-electron chi connectivity index (χ2n) is 4.73. The van der Waals surface area contributed by atoms with Gasteiger partial charge in [-0.3, -0.25) is 0 Å². The standard InChI is InChI=1S/C13H19N3O4S/c1-3-20-13(18)10-9(15)8(12(17)19-2)11(21-10)16-5-4-7(14)6-16/h7H,3-6,14-15H2,1-2H3. The molecular weight excluding hydrogens is 294 g/mol. The van der Waals surface area contributed by atoms with E-state index in [0.29, 0.717) is 18.1 Å². The molecule has 0 spiro atoms. The molecule has 2 heterocycles. The highest BCUT2D eigenvalue weighted by atomic mass is 32.1. The lowest BCUT2D eigenvalue weighted by molar-refractivity contribution is 0.0533. The summed E-state index contributed by atoms with van der Waals surface area (Å²) >= 11 is 1.15. The number of nitrogens with two attached hydrogens (primary N) is 2. The summed E-state index contributed by atoms with van der Waals surface area (Å²) in [6.07, 6.45) is 0.827. The quantitative estimate of drug-likeness (QED) is 0.793. The molecule has 1 atom stereocenters. The number of esters is 2. The van der Waals surface area contributed by atoms with Gasteiger partial charge in [-0.25, -0.2) is 9.59 Å². The van der Waals surface area contributed by atoms with Crippen LogP contribution >= 0.6 is 11.3 Å². The normalized spacial score (nSPS) is 17.9. The molecule has 1 saturated heterocycles. The van der Waals surface area contributed by atoms with E-state index in [4.69, 9.17) is 20.9 Å². The minimum absolute atomic E-state index is 0.0462. The van der Waals surface area contributed by atoms with Crippen LogP contribution in [0.15, 0.2) is 0 Å². The van der Waals surface area contributed by atoms with Crippen molar-refractivity contribution in [1.29, 1.82) is 0 Å². The van der Waals surface area contributed by atoms with Crippen LogP contribution in [-0.2, 0) is 9.47 Å². The molecule has 0 radical (unpaired) electrons. The minimum atomic E-state index is -0.560. The van der Waals surface area contributed by atoms with Crippen molar-refractivity contribution in [2.45, 2.75) is 19.4 Å². The molecule has 8 heteroatoms. The number of carbonyl (C=O) groups excluding carboxylic acids is 2. The summed E-state index contributed by atoms with van der Waals surface area (Å²) in [4.78, 5) is 26.1. The average Bonchev–Trinajstić information content (AvgIpc) is 3.02. The number of anilines is 2. The Labute approximate surface area is 126 Å². The van der Waals surface area contributed by atoms with Crippen LogP contribution < -0.4 is 16.4 Å². The lowest BCUT2D eigenvalue weighted by Crippen LogP contribution is -2.26. The third-order valence-corrected chi connectivity index (χ3v) is 4.54. The first-order valence-electron chi connectivity index (χ1n) is 6.67. The predicted octanol–water partition coefficient (Wildman–Crippen LogP) is 0.831. The molecule has 0 aliphatic carbocycles. The first-order chi connectivity index (χ1) is 9.99. The van der Waals surface area contributed by atoms with Crippen LogP contribution in [0.1, 0.15) is 33.4 Å². The highest BCUT2D eigenvalue weighted by Gasteiger charge is 2.32. The third-order valence-electron chi connectivity index (χ3n) is 3.29. The van der Waals surface area contributed by atoms with Crippen LogP contribution in [0.3, 0.4) is 0 Å². The molecule has 1 aromatic rings. The molecular formula is C13H19N3O4S. The fourth-order valence-electron chi connectivity index (χ4n) is 2.27. The molecule has 1 aromatic heterocycles. The number of methoxy groups -OCH3 is 1. The first kappa shape index (κ1) is 15.6. The molecule has 1 fully saturated rings. The zero-order valence-corrected chi connectivity index (χ0v) is 12.9. The van der Waals surface area contributed by atoms with Gasteiger partial charge in [0.2, 0.25) is 0 Å². The largest absolute Gasteiger partial charge is 0.465 e. The molecule has 0 bridgehead atoms. The van der Waals surface area contributed by atoms with Crippen LogP contribution in [0, 0.1) is 0 Å². The van der Waals surface area contributed by atoms with Gasteiger partial charge in [-0.05, 0) is 13.3 Å². The number of nitrogens with zero attached hydrogens (tertiary/aromatic N) is 1. The Kier molecular flexibility index (Phi) is 4.69. The molecule has 0 saturated carbocycles. The molecule has 116 valence electrons. The molecule has 1 unspecified atom stereocenters. The molecule has 0 amide bonds. The van der Waals surface area contributed by atoms with E-state index in [9.17, 15) is 9.59 Å². The van der Waals surface area contributed by atoms with Crippen LogP contribution in [0.5, 0.6) is 0 Å². The van der Waals surface area contributed by atoms with E-state index in [2.05, 4.69) is 0 Å². The smallest absolute Gasteiger partial charge is 0.350 e. The Balaban J connectivity index is 2.44. The van der Waals surface area contributed by atoms with Gasteiger partial charge in [-0.15, -0.1) is 11.3 Å². The fraction of sp³-hybridized carbons (Fsp3) is 0.538. The minimum Gasteiger partial charge on any atom is -0.465 e. The van der Waals surface area contributed by atoms with Gasteiger partial charge in [-0.2, -0.15) is 0 Å².